The Kier molecular flexibility index (Phi) is 3.91. The van der Waals surface area contributed by atoms with Gasteiger partial charge in [-0.3, -0.25) is 0 Å². The van der Waals surface area contributed by atoms with E-state index in [9.17, 15) is 0 Å². The zero-order chi connectivity index (χ0) is 18.9. The van der Waals surface area contributed by atoms with Gasteiger partial charge in [0.15, 0.2) is 5.82 Å². The van der Waals surface area contributed by atoms with Crippen LogP contribution in [0, 0.1) is 0 Å². The fourth-order valence-electron chi connectivity index (χ4n) is 3.29. The molecule has 0 aliphatic carbocycles. The summed E-state index contributed by atoms with van der Waals surface area (Å²) < 4.78 is 7.19. The number of imidazole rings is 1. The lowest BCUT2D eigenvalue weighted by Gasteiger charge is -2.05. The summed E-state index contributed by atoms with van der Waals surface area (Å²) in [6, 6.07) is 28.1. The monoisotopic (exact) mass is 366 g/mol. The standard InChI is InChI=1S/C23H18N4O/c1-28-18-13-11-16(12-14-18)21-15-22(27(26-21)17-7-3-2-4-8-17)23-24-19-9-5-6-10-20(19)25-23/h2-15H,1H3,(H,24,25). The molecular formula is C23H18N4O. The Morgan fingerprint density at radius 2 is 1.61 bits per heavy atom. The largest absolute Gasteiger partial charge is 0.497 e. The number of aromatic amines is 1. The average Bonchev–Trinajstić information content (AvgIpc) is 3.39. The predicted octanol–water partition coefficient (Wildman–Crippen LogP) is 5.09. The Morgan fingerprint density at radius 3 is 2.36 bits per heavy atom. The SMILES string of the molecule is COc1ccc(-c2cc(-c3nc4ccccc4[nH]3)n(-c3ccccc3)n2)cc1. The van der Waals surface area contributed by atoms with E-state index in [-0.39, 0.29) is 0 Å². The van der Waals surface area contributed by atoms with Crippen molar-refractivity contribution in [3.63, 3.8) is 0 Å². The van der Waals surface area contributed by atoms with Crippen LogP contribution < -0.4 is 4.74 Å². The van der Waals surface area contributed by atoms with Crippen LogP contribution >= 0.6 is 0 Å². The smallest absolute Gasteiger partial charge is 0.157 e. The average molecular weight is 366 g/mol. The molecule has 1 N–H and O–H groups in total. The second kappa shape index (κ2) is 6.70. The highest BCUT2D eigenvalue weighted by molar-refractivity contribution is 5.79. The second-order valence-corrected chi connectivity index (χ2v) is 6.49. The van der Waals surface area contributed by atoms with E-state index in [0.717, 1.165) is 45.2 Å². The van der Waals surface area contributed by atoms with Gasteiger partial charge < -0.3 is 9.72 Å². The summed E-state index contributed by atoms with van der Waals surface area (Å²) in [4.78, 5) is 8.18. The van der Waals surface area contributed by atoms with Crippen LogP contribution in [0.4, 0.5) is 0 Å². The van der Waals surface area contributed by atoms with Gasteiger partial charge in [0.2, 0.25) is 0 Å². The third-order valence-electron chi connectivity index (χ3n) is 4.73. The first-order valence-electron chi connectivity index (χ1n) is 9.07. The number of hydrogen-bond donors (Lipinski definition) is 1. The topological polar surface area (TPSA) is 55.7 Å². The highest BCUT2D eigenvalue weighted by Crippen LogP contribution is 2.29. The van der Waals surface area contributed by atoms with Gasteiger partial charge in [-0.2, -0.15) is 5.10 Å². The van der Waals surface area contributed by atoms with E-state index >= 15 is 0 Å². The number of aromatic nitrogens is 4. The molecule has 3 aromatic carbocycles. The Hall–Kier alpha value is -3.86. The number of H-pyrrole nitrogens is 1. The predicted molar refractivity (Wildman–Crippen MR) is 111 cm³/mol. The molecule has 136 valence electrons. The van der Waals surface area contributed by atoms with Crippen LogP contribution in [0.5, 0.6) is 5.75 Å². The van der Waals surface area contributed by atoms with Crippen molar-refractivity contribution in [3.8, 4) is 34.2 Å². The number of hydrogen-bond acceptors (Lipinski definition) is 3. The minimum Gasteiger partial charge on any atom is -0.497 e. The van der Waals surface area contributed by atoms with E-state index in [0.29, 0.717) is 0 Å². The summed E-state index contributed by atoms with van der Waals surface area (Å²) in [5.74, 6) is 1.61. The van der Waals surface area contributed by atoms with Crippen molar-refractivity contribution < 1.29 is 4.74 Å². The zero-order valence-corrected chi connectivity index (χ0v) is 15.3. The molecule has 0 saturated heterocycles. The minimum atomic E-state index is 0.789. The van der Waals surface area contributed by atoms with Gasteiger partial charge in [0.25, 0.3) is 0 Å². The number of nitrogens with zero attached hydrogens (tertiary/aromatic N) is 3. The van der Waals surface area contributed by atoms with Gasteiger partial charge in [0.05, 0.1) is 29.5 Å². The molecule has 0 saturated carbocycles. The van der Waals surface area contributed by atoms with Gasteiger partial charge >= 0.3 is 0 Å². The van der Waals surface area contributed by atoms with Crippen LogP contribution in [0.2, 0.25) is 0 Å². The highest BCUT2D eigenvalue weighted by atomic mass is 16.5. The first-order valence-corrected chi connectivity index (χ1v) is 9.07. The number of benzene rings is 3. The lowest BCUT2D eigenvalue weighted by molar-refractivity contribution is 0.415. The molecule has 0 aliphatic rings. The van der Waals surface area contributed by atoms with Gasteiger partial charge in [0.1, 0.15) is 11.4 Å². The Bertz CT molecular complexity index is 1200. The van der Waals surface area contributed by atoms with Crippen LogP contribution in [0.1, 0.15) is 0 Å². The molecule has 5 nitrogen and oxygen atoms in total. The normalized spacial score (nSPS) is 11.0. The van der Waals surface area contributed by atoms with E-state index in [4.69, 9.17) is 14.8 Å². The maximum Gasteiger partial charge on any atom is 0.157 e. The molecule has 0 fully saturated rings. The first kappa shape index (κ1) is 16.3. The fourth-order valence-corrected chi connectivity index (χ4v) is 3.29. The third-order valence-corrected chi connectivity index (χ3v) is 4.73. The van der Waals surface area contributed by atoms with E-state index in [2.05, 4.69) is 11.1 Å². The molecule has 0 aliphatic heterocycles. The van der Waals surface area contributed by atoms with Crippen molar-refractivity contribution in [1.29, 1.82) is 0 Å². The third kappa shape index (κ3) is 2.83. The second-order valence-electron chi connectivity index (χ2n) is 6.49. The zero-order valence-electron chi connectivity index (χ0n) is 15.3. The van der Waals surface area contributed by atoms with Crippen molar-refractivity contribution in [3.05, 3.63) is 84.9 Å². The maximum atomic E-state index is 5.27. The first-order chi connectivity index (χ1) is 13.8. The van der Waals surface area contributed by atoms with Gasteiger partial charge in [-0.05, 0) is 54.6 Å². The van der Waals surface area contributed by atoms with E-state index in [1.807, 2.05) is 83.5 Å². The quantitative estimate of drug-likeness (QED) is 0.482. The molecule has 0 amide bonds. The van der Waals surface area contributed by atoms with E-state index in [1.54, 1.807) is 7.11 Å². The lowest BCUT2D eigenvalue weighted by Crippen LogP contribution is -1.99. The van der Waals surface area contributed by atoms with Crippen molar-refractivity contribution in [2.75, 3.05) is 7.11 Å². The fraction of sp³-hybridized carbons (Fsp3) is 0.0435. The van der Waals surface area contributed by atoms with Crippen LogP contribution in [0.25, 0.3) is 39.5 Å². The summed E-state index contributed by atoms with van der Waals surface area (Å²) in [5.41, 5.74) is 5.73. The van der Waals surface area contributed by atoms with E-state index < -0.39 is 0 Å². The van der Waals surface area contributed by atoms with Crippen LogP contribution in [0.15, 0.2) is 84.9 Å². The summed E-state index contributed by atoms with van der Waals surface area (Å²) >= 11 is 0. The molecular weight excluding hydrogens is 348 g/mol. The van der Waals surface area contributed by atoms with Crippen LogP contribution in [-0.4, -0.2) is 26.9 Å². The molecule has 0 spiro atoms. The summed E-state index contributed by atoms with van der Waals surface area (Å²) in [7, 11) is 1.67. The summed E-state index contributed by atoms with van der Waals surface area (Å²) in [5, 5.41) is 4.87. The van der Waals surface area contributed by atoms with Crippen molar-refractivity contribution in [2.24, 2.45) is 0 Å². The van der Waals surface area contributed by atoms with Gasteiger partial charge in [-0.1, -0.05) is 30.3 Å². The van der Waals surface area contributed by atoms with Crippen LogP contribution in [0.3, 0.4) is 0 Å². The maximum absolute atomic E-state index is 5.27. The van der Waals surface area contributed by atoms with Crippen molar-refractivity contribution >= 4 is 11.0 Å². The number of ether oxygens (including phenoxy) is 1. The Morgan fingerprint density at radius 1 is 0.857 bits per heavy atom. The Labute approximate surface area is 162 Å². The van der Waals surface area contributed by atoms with Crippen molar-refractivity contribution in [1.82, 2.24) is 19.7 Å². The number of fused-ring (bicyclic) bond motifs is 1. The highest BCUT2D eigenvalue weighted by Gasteiger charge is 2.16. The van der Waals surface area contributed by atoms with Gasteiger partial charge in [-0.25, -0.2) is 9.67 Å². The van der Waals surface area contributed by atoms with Gasteiger partial charge in [0, 0.05) is 5.56 Å². The summed E-state index contributed by atoms with van der Waals surface area (Å²) in [6.07, 6.45) is 0. The number of nitrogens with one attached hydrogen (secondary N) is 1. The molecule has 0 radical (unpaired) electrons. The Balaban J connectivity index is 1.68. The number of methoxy groups -OCH3 is 1. The van der Waals surface area contributed by atoms with Gasteiger partial charge in [-0.15, -0.1) is 0 Å². The molecule has 5 rings (SSSR count). The minimum absolute atomic E-state index is 0.789. The van der Waals surface area contributed by atoms with Crippen molar-refractivity contribution in [2.45, 2.75) is 0 Å². The van der Waals surface area contributed by atoms with Crippen LogP contribution in [-0.2, 0) is 0 Å². The molecule has 0 atom stereocenters. The summed E-state index contributed by atoms with van der Waals surface area (Å²) in [6.45, 7) is 0. The lowest BCUT2D eigenvalue weighted by atomic mass is 10.1. The number of rotatable bonds is 4. The van der Waals surface area contributed by atoms with E-state index in [1.165, 1.54) is 0 Å². The molecule has 28 heavy (non-hydrogen) atoms. The molecule has 2 aromatic heterocycles. The molecule has 5 aromatic rings. The molecule has 5 heteroatoms. The molecule has 0 unspecified atom stereocenters. The molecule has 0 bridgehead atoms. The number of para-hydroxylation sites is 3. The molecule has 2 heterocycles.